The molecular weight excluding hydrogens is 190 g/mol. The van der Waals surface area contributed by atoms with Crippen LogP contribution in [0, 0.1) is 0 Å². The monoisotopic (exact) mass is 209 g/mol. The first-order chi connectivity index (χ1) is 7.06. The number of hydrogen-bond donors (Lipinski definition) is 2. The Balaban J connectivity index is 2.29. The number of rotatable bonds is 5. The molecule has 1 aromatic heterocycles. The van der Waals surface area contributed by atoms with Crippen LogP contribution in [-0.4, -0.2) is 22.6 Å². The molecule has 1 aromatic rings. The molecule has 84 valence electrons. The molecule has 15 heavy (non-hydrogen) atoms. The lowest BCUT2D eigenvalue weighted by molar-refractivity contribution is -0.125. The Hall–Kier alpha value is -1.29. The van der Waals surface area contributed by atoms with E-state index >= 15 is 0 Å². The summed E-state index contributed by atoms with van der Waals surface area (Å²) in [5.74, 6) is -0.0860. The van der Waals surface area contributed by atoms with Crippen molar-refractivity contribution < 1.29 is 4.79 Å². The summed E-state index contributed by atoms with van der Waals surface area (Å²) in [6.45, 7) is 5.04. The summed E-state index contributed by atoms with van der Waals surface area (Å²) in [6, 6.07) is 3.92. The quantitative estimate of drug-likeness (QED) is 0.751. The Morgan fingerprint density at radius 1 is 1.47 bits per heavy atom. The van der Waals surface area contributed by atoms with Gasteiger partial charge in [-0.25, -0.2) is 0 Å². The minimum atomic E-state index is -0.753. The normalized spacial score (nSPS) is 14.6. The molecular formula is C11H19N3O. The number of carbonyl (C=O) groups excluding carboxylic acids is 1. The van der Waals surface area contributed by atoms with Crippen molar-refractivity contribution in [1.29, 1.82) is 0 Å². The third-order valence-corrected chi connectivity index (χ3v) is 2.57. The fourth-order valence-corrected chi connectivity index (χ4v) is 1.18. The van der Waals surface area contributed by atoms with Gasteiger partial charge in [0.2, 0.25) is 5.91 Å². The Kier molecular flexibility index (Phi) is 3.91. The standard InChI is InChI=1S/C11H19N3O/c1-3-11(2,12)10(15)13-6-9-14-7-4-5-8-14/h4-5,7-8H,3,6,9,12H2,1-2H3,(H,13,15). The second kappa shape index (κ2) is 4.98. The van der Waals surface area contributed by atoms with Crippen LogP contribution in [0.5, 0.6) is 0 Å². The molecule has 1 atom stereocenters. The van der Waals surface area contributed by atoms with Crippen LogP contribution >= 0.6 is 0 Å². The first-order valence-electron chi connectivity index (χ1n) is 5.24. The molecule has 0 spiro atoms. The first kappa shape index (κ1) is 11.8. The number of nitrogens with one attached hydrogen (secondary N) is 1. The molecule has 1 rings (SSSR count). The van der Waals surface area contributed by atoms with E-state index in [1.165, 1.54) is 0 Å². The number of hydrogen-bond acceptors (Lipinski definition) is 2. The van der Waals surface area contributed by atoms with E-state index < -0.39 is 5.54 Å². The minimum absolute atomic E-state index is 0.0860. The summed E-state index contributed by atoms with van der Waals surface area (Å²) in [6.07, 6.45) is 4.57. The van der Waals surface area contributed by atoms with E-state index in [0.29, 0.717) is 13.0 Å². The Morgan fingerprint density at radius 2 is 2.07 bits per heavy atom. The minimum Gasteiger partial charge on any atom is -0.353 e. The van der Waals surface area contributed by atoms with Crippen molar-refractivity contribution in [1.82, 2.24) is 9.88 Å². The van der Waals surface area contributed by atoms with Gasteiger partial charge in [-0.3, -0.25) is 4.79 Å². The lowest BCUT2D eigenvalue weighted by Crippen LogP contribution is -2.51. The smallest absolute Gasteiger partial charge is 0.239 e. The van der Waals surface area contributed by atoms with Gasteiger partial charge in [0.25, 0.3) is 0 Å². The van der Waals surface area contributed by atoms with Crippen molar-refractivity contribution >= 4 is 5.91 Å². The molecule has 0 saturated heterocycles. The van der Waals surface area contributed by atoms with E-state index in [2.05, 4.69) is 5.32 Å². The molecule has 0 aliphatic heterocycles. The van der Waals surface area contributed by atoms with Gasteiger partial charge in [0.15, 0.2) is 0 Å². The van der Waals surface area contributed by atoms with Crippen LogP contribution in [0.15, 0.2) is 24.5 Å². The van der Waals surface area contributed by atoms with Gasteiger partial charge in [-0.1, -0.05) is 6.92 Å². The highest BCUT2D eigenvalue weighted by atomic mass is 16.2. The number of carbonyl (C=O) groups is 1. The van der Waals surface area contributed by atoms with Gasteiger partial charge >= 0.3 is 0 Å². The zero-order valence-corrected chi connectivity index (χ0v) is 9.36. The highest BCUT2D eigenvalue weighted by Crippen LogP contribution is 2.03. The molecule has 4 heteroatoms. The summed E-state index contributed by atoms with van der Waals surface area (Å²) in [4.78, 5) is 11.6. The van der Waals surface area contributed by atoms with Crippen LogP contribution in [0.1, 0.15) is 20.3 Å². The van der Waals surface area contributed by atoms with Crippen LogP contribution in [0.25, 0.3) is 0 Å². The second-order valence-corrected chi connectivity index (χ2v) is 3.95. The van der Waals surface area contributed by atoms with E-state index in [1.54, 1.807) is 6.92 Å². The molecule has 1 unspecified atom stereocenters. The van der Waals surface area contributed by atoms with Crippen LogP contribution in [0.4, 0.5) is 0 Å². The third kappa shape index (κ3) is 3.40. The lowest BCUT2D eigenvalue weighted by Gasteiger charge is -2.21. The molecule has 0 aliphatic rings. The van der Waals surface area contributed by atoms with Gasteiger partial charge in [0.1, 0.15) is 0 Å². The summed E-state index contributed by atoms with van der Waals surface area (Å²) < 4.78 is 2.01. The van der Waals surface area contributed by atoms with Crippen LogP contribution in [0.3, 0.4) is 0 Å². The van der Waals surface area contributed by atoms with Crippen LogP contribution < -0.4 is 11.1 Å². The lowest BCUT2D eigenvalue weighted by atomic mass is 10.00. The van der Waals surface area contributed by atoms with Gasteiger partial charge in [-0.15, -0.1) is 0 Å². The average Bonchev–Trinajstić information content (AvgIpc) is 2.70. The number of amides is 1. The van der Waals surface area contributed by atoms with Gasteiger partial charge in [0, 0.05) is 25.5 Å². The summed E-state index contributed by atoms with van der Waals surface area (Å²) >= 11 is 0. The molecule has 4 nitrogen and oxygen atoms in total. The number of nitrogens with zero attached hydrogens (tertiary/aromatic N) is 1. The molecule has 0 aliphatic carbocycles. The van der Waals surface area contributed by atoms with Crippen LogP contribution in [-0.2, 0) is 11.3 Å². The van der Waals surface area contributed by atoms with Gasteiger partial charge < -0.3 is 15.6 Å². The predicted octanol–water partition coefficient (Wildman–Crippen LogP) is 0.732. The second-order valence-electron chi connectivity index (χ2n) is 3.95. The van der Waals surface area contributed by atoms with Gasteiger partial charge in [-0.05, 0) is 25.5 Å². The summed E-state index contributed by atoms with van der Waals surface area (Å²) in [7, 11) is 0. The molecule has 0 bridgehead atoms. The fraction of sp³-hybridized carbons (Fsp3) is 0.545. The zero-order chi connectivity index (χ0) is 11.3. The van der Waals surface area contributed by atoms with E-state index in [1.807, 2.05) is 36.0 Å². The summed E-state index contributed by atoms with van der Waals surface area (Å²) in [5.41, 5.74) is 5.05. The molecule has 0 aromatic carbocycles. The number of aromatic nitrogens is 1. The highest BCUT2D eigenvalue weighted by Gasteiger charge is 2.25. The van der Waals surface area contributed by atoms with Crippen molar-refractivity contribution in [2.24, 2.45) is 5.73 Å². The highest BCUT2D eigenvalue weighted by molar-refractivity contribution is 5.85. The first-order valence-corrected chi connectivity index (χ1v) is 5.24. The van der Waals surface area contributed by atoms with E-state index in [-0.39, 0.29) is 5.91 Å². The Bertz CT molecular complexity index is 304. The van der Waals surface area contributed by atoms with Crippen molar-refractivity contribution in [3.63, 3.8) is 0 Å². The molecule has 0 saturated carbocycles. The van der Waals surface area contributed by atoms with E-state index in [9.17, 15) is 4.79 Å². The average molecular weight is 209 g/mol. The maximum atomic E-state index is 11.6. The largest absolute Gasteiger partial charge is 0.353 e. The fourth-order valence-electron chi connectivity index (χ4n) is 1.18. The van der Waals surface area contributed by atoms with Gasteiger partial charge in [0.05, 0.1) is 5.54 Å². The van der Waals surface area contributed by atoms with Gasteiger partial charge in [-0.2, -0.15) is 0 Å². The summed E-state index contributed by atoms with van der Waals surface area (Å²) in [5, 5.41) is 2.83. The maximum Gasteiger partial charge on any atom is 0.239 e. The van der Waals surface area contributed by atoms with Crippen LogP contribution in [0.2, 0.25) is 0 Å². The maximum absolute atomic E-state index is 11.6. The number of nitrogens with two attached hydrogens (primary N) is 1. The molecule has 3 N–H and O–H groups in total. The molecule has 1 heterocycles. The predicted molar refractivity (Wildman–Crippen MR) is 60.3 cm³/mol. The van der Waals surface area contributed by atoms with Crippen molar-refractivity contribution in [2.75, 3.05) is 6.54 Å². The van der Waals surface area contributed by atoms with Crippen molar-refractivity contribution in [2.45, 2.75) is 32.4 Å². The zero-order valence-electron chi connectivity index (χ0n) is 9.36. The van der Waals surface area contributed by atoms with Crippen molar-refractivity contribution in [3.05, 3.63) is 24.5 Å². The van der Waals surface area contributed by atoms with Crippen molar-refractivity contribution in [3.8, 4) is 0 Å². The topological polar surface area (TPSA) is 60.1 Å². The SMILES string of the molecule is CCC(C)(N)C(=O)NCCn1cccc1. The third-order valence-electron chi connectivity index (χ3n) is 2.57. The Labute approximate surface area is 90.5 Å². The van der Waals surface area contributed by atoms with E-state index in [4.69, 9.17) is 5.73 Å². The Morgan fingerprint density at radius 3 is 2.60 bits per heavy atom. The molecule has 0 radical (unpaired) electrons. The van der Waals surface area contributed by atoms with E-state index in [0.717, 1.165) is 6.54 Å². The molecule has 0 fully saturated rings. The molecule has 1 amide bonds.